The summed E-state index contributed by atoms with van der Waals surface area (Å²) >= 11 is 0. The highest BCUT2D eigenvalue weighted by Crippen LogP contribution is 2.34. The number of benzene rings is 1. The number of aromatic hydroxyl groups is 1. The zero-order valence-electron chi connectivity index (χ0n) is 10.1. The van der Waals surface area contributed by atoms with Crippen LogP contribution in [0.3, 0.4) is 0 Å². The first-order chi connectivity index (χ1) is 9.06. The Labute approximate surface area is 109 Å². The lowest BCUT2D eigenvalue weighted by Gasteiger charge is -2.09. The molecular formula is C12H11N5O2. The second-order valence-electron chi connectivity index (χ2n) is 3.69. The van der Waals surface area contributed by atoms with Gasteiger partial charge in [0.05, 0.1) is 12.8 Å². The number of ether oxygens (including phenoxy) is 1. The molecule has 1 aromatic heterocycles. The smallest absolute Gasteiger partial charge is 0.222 e. The van der Waals surface area contributed by atoms with E-state index in [1.54, 1.807) is 12.1 Å². The number of nitrogens with two attached hydrogens (primary N) is 2. The predicted molar refractivity (Wildman–Crippen MR) is 69.2 cm³/mol. The summed E-state index contributed by atoms with van der Waals surface area (Å²) in [6, 6.07) is 6.50. The molecule has 0 saturated carbocycles. The van der Waals surface area contributed by atoms with Gasteiger partial charge in [-0.25, -0.2) is 4.98 Å². The summed E-state index contributed by atoms with van der Waals surface area (Å²) in [6.07, 6.45) is 0. The van der Waals surface area contributed by atoms with E-state index in [1.165, 1.54) is 13.2 Å². The van der Waals surface area contributed by atoms with Crippen LogP contribution >= 0.6 is 0 Å². The molecule has 0 radical (unpaired) electrons. The van der Waals surface area contributed by atoms with Crippen molar-refractivity contribution in [1.29, 1.82) is 5.26 Å². The summed E-state index contributed by atoms with van der Waals surface area (Å²) in [4.78, 5) is 7.66. The fourth-order valence-electron chi connectivity index (χ4n) is 1.64. The van der Waals surface area contributed by atoms with E-state index < -0.39 is 0 Å². The van der Waals surface area contributed by atoms with Gasteiger partial charge >= 0.3 is 0 Å². The molecule has 0 atom stereocenters. The van der Waals surface area contributed by atoms with Crippen LogP contribution in [0.15, 0.2) is 18.2 Å². The zero-order chi connectivity index (χ0) is 14.0. The number of hydrogen-bond donors (Lipinski definition) is 3. The average molecular weight is 257 g/mol. The third-order valence-corrected chi connectivity index (χ3v) is 2.53. The second kappa shape index (κ2) is 4.70. The monoisotopic (exact) mass is 257 g/mol. The van der Waals surface area contributed by atoms with Crippen LogP contribution < -0.4 is 16.2 Å². The number of methoxy groups -OCH3 is 1. The molecule has 0 bridgehead atoms. The average Bonchev–Trinajstić information content (AvgIpc) is 2.37. The molecule has 0 spiro atoms. The van der Waals surface area contributed by atoms with E-state index in [4.69, 9.17) is 21.5 Å². The third-order valence-electron chi connectivity index (χ3n) is 2.53. The highest BCUT2D eigenvalue weighted by molar-refractivity contribution is 5.77. The summed E-state index contributed by atoms with van der Waals surface area (Å²) in [5.41, 5.74) is 11.7. The van der Waals surface area contributed by atoms with E-state index in [-0.39, 0.29) is 28.8 Å². The number of aromatic nitrogens is 2. The number of nitrogens with zero attached hydrogens (tertiary/aromatic N) is 3. The maximum atomic E-state index is 9.95. The lowest BCUT2D eigenvalue weighted by molar-refractivity contribution is 0.408. The molecule has 2 rings (SSSR count). The van der Waals surface area contributed by atoms with E-state index in [0.717, 1.165) is 0 Å². The van der Waals surface area contributed by atoms with Crippen LogP contribution in [-0.2, 0) is 0 Å². The molecule has 0 aliphatic heterocycles. The van der Waals surface area contributed by atoms with Gasteiger partial charge in [-0.15, -0.1) is 0 Å². The summed E-state index contributed by atoms with van der Waals surface area (Å²) in [5.74, 6) is 0.296. The molecule has 0 saturated heterocycles. The quantitative estimate of drug-likeness (QED) is 0.728. The Morgan fingerprint density at radius 3 is 2.63 bits per heavy atom. The maximum absolute atomic E-state index is 9.95. The minimum absolute atomic E-state index is 0.0276. The van der Waals surface area contributed by atoms with Gasteiger partial charge < -0.3 is 21.3 Å². The van der Waals surface area contributed by atoms with Crippen molar-refractivity contribution in [2.24, 2.45) is 0 Å². The molecule has 19 heavy (non-hydrogen) atoms. The van der Waals surface area contributed by atoms with E-state index in [2.05, 4.69) is 9.97 Å². The highest BCUT2D eigenvalue weighted by atomic mass is 16.5. The fraction of sp³-hybridized carbons (Fsp3) is 0.0833. The van der Waals surface area contributed by atoms with Gasteiger partial charge in [-0.3, -0.25) is 0 Å². The van der Waals surface area contributed by atoms with Crippen molar-refractivity contribution in [3.8, 4) is 28.8 Å². The number of anilines is 2. The fourth-order valence-corrected chi connectivity index (χ4v) is 1.64. The van der Waals surface area contributed by atoms with Crippen molar-refractivity contribution < 1.29 is 9.84 Å². The molecule has 0 aliphatic rings. The summed E-state index contributed by atoms with van der Waals surface area (Å²) < 4.78 is 4.98. The number of hydrogen-bond acceptors (Lipinski definition) is 7. The zero-order valence-corrected chi connectivity index (χ0v) is 10.1. The van der Waals surface area contributed by atoms with E-state index >= 15 is 0 Å². The Balaban J connectivity index is 2.69. The van der Waals surface area contributed by atoms with E-state index in [0.29, 0.717) is 11.3 Å². The van der Waals surface area contributed by atoms with Gasteiger partial charge in [0.2, 0.25) is 5.95 Å². The molecule has 96 valence electrons. The predicted octanol–water partition coefficient (Wildman–Crippen LogP) is 0.894. The van der Waals surface area contributed by atoms with Crippen LogP contribution in [0.4, 0.5) is 11.8 Å². The topological polar surface area (TPSA) is 131 Å². The van der Waals surface area contributed by atoms with E-state index in [1.807, 2.05) is 6.07 Å². The highest BCUT2D eigenvalue weighted by Gasteiger charge is 2.16. The van der Waals surface area contributed by atoms with Gasteiger partial charge in [-0.05, 0) is 12.1 Å². The van der Waals surface area contributed by atoms with Crippen LogP contribution in [0, 0.1) is 11.3 Å². The van der Waals surface area contributed by atoms with Gasteiger partial charge in [-0.1, -0.05) is 0 Å². The Hall–Kier alpha value is -3.01. The minimum atomic E-state index is -0.0895. The third kappa shape index (κ3) is 2.19. The molecule has 0 unspecified atom stereocenters. The minimum Gasteiger partial charge on any atom is -0.507 e. The van der Waals surface area contributed by atoms with Crippen molar-refractivity contribution >= 4 is 11.8 Å². The van der Waals surface area contributed by atoms with Crippen LogP contribution in [0.1, 0.15) is 5.56 Å². The standard InChI is InChI=1S/C12H11N5O2/c1-19-6-2-3-7(9(18)4-6)10-8(5-13)11(14)17-12(15)16-10/h2-4,18H,1H3,(H4,14,15,16,17). The normalized spacial score (nSPS) is 9.89. The molecule has 1 heterocycles. The number of rotatable bonds is 2. The van der Waals surface area contributed by atoms with Crippen LogP contribution in [0.2, 0.25) is 0 Å². The van der Waals surface area contributed by atoms with Crippen molar-refractivity contribution in [3.05, 3.63) is 23.8 Å². The Bertz CT molecular complexity index is 679. The first-order valence-electron chi connectivity index (χ1n) is 5.27. The van der Waals surface area contributed by atoms with Gasteiger partial charge in [0, 0.05) is 11.6 Å². The van der Waals surface area contributed by atoms with E-state index in [9.17, 15) is 5.11 Å². The molecule has 7 heteroatoms. The maximum Gasteiger partial charge on any atom is 0.222 e. The van der Waals surface area contributed by atoms with Gasteiger partial charge in [0.15, 0.2) is 0 Å². The Kier molecular flexibility index (Phi) is 3.08. The SMILES string of the molecule is COc1ccc(-c2nc(N)nc(N)c2C#N)c(O)c1. The number of nitriles is 1. The van der Waals surface area contributed by atoms with Crippen molar-refractivity contribution in [1.82, 2.24) is 9.97 Å². The molecule has 0 fully saturated rings. The Morgan fingerprint density at radius 2 is 2.05 bits per heavy atom. The number of phenols is 1. The number of nitrogen functional groups attached to an aromatic ring is 2. The Morgan fingerprint density at radius 1 is 1.32 bits per heavy atom. The van der Waals surface area contributed by atoms with Gasteiger partial charge in [0.25, 0.3) is 0 Å². The summed E-state index contributed by atoms with van der Waals surface area (Å²) in [7, 11) is 1.48. The number of phenolic OH excluding ortho intramolecular Hbond substituents is 1. The molecule has 0 aliphatic carbocycles. The molecule has 7 nitrogen and oxygen atoms in total. The van der Waals surface area contributed by atoms with Crippen molar-refractivity contribution in [3.63, 3.8) is 0 Å². The summed E-state index contributed by atoms with van der Waals surface area (Å²) in [5, 5.41) is 19.0. The van der Waals surface area contributed by atoms with Crippen LogP contribution in [0.25, 0.3) is 11.3 Å². The van der Waals surface area contributed by atoms with Crippen molar-refractivity contribution in [2.45, 2.75) is 0 Å². The van der Waals surface area contributed by atoms with Crippen LogP contribution in [0.5, 0.6) is 11.5 Å². The molecule has 1 aromatic carbocycles. The first kappa shape index (κ1) is 12.4. The largest absolute Gasteiger partial charge is 0.507 e. The molecule has 5 N–H and O–H groups in total. The molecule has 2 aromatic rings. The second-order valence-corrected chi connectivity index (χ2v) is 3.69. The van der Waals surface area contributed by atoms with Crippen LogP contribution in [-0.4, -0.2) is 22.2 Å². The van der Waals surface area contributed by atoms with Gasteiger partial charge in [0.1, 0.15) is 28.9 Å². The van der Waals surface area contributed by atoms with Gasteiger partial charge in [-0.2, -0.15) is 10.2 Å². The first-order valence-corrected chi connectivity index (χ1v) is 5.27. The molecular weight excluding hydrogens is 246 g/mol. The van der Waals surface area contributed by atoms with Crippen molar-refractivity contribution in [2.75, 3.05) is 18.6 Å². The lowest BCUT2D eigenvalue weighted by Crippen LogP contribution is -2.05. The lowest BCUT2D eigenvalue weighted by atomic mass is 10.1. The summed E-state index contributed by atoms with van der Waals surface area (Å²) in [6.45, 7) is 0. The molecule has 0 amide bonds.